The molecular formula is C20H21N5O4. The SMILES string of the molecule is COCCCn1cc(-c2ccc(C(=O)NCc3cncc(C(=O)O)c3)cc2)nn1. The molecule has 0 fully saturated rings. The number of amides is 1. The van der Waals surface area contributed by atoms with Crippen LogP contribution >= 0.6 is 0 Å². The van der Waals surface area contributed by atoms with Gasteiger partial charge in [0, 0.05) is 50.3 Å². The highest BCUT2D eigenvalue weighted by atomic mass is 16.5. The molecule has 0 spiro atoms. The smallest absolute Gasteiger partial charge is 0.337 e. The normalized spacial score (nSPS) is 10.7. The summed E-state index contributed by atoms with van der Waals surface area (Å²) in [6.07, 6.45) is 5.49. The van der Waals surface area contributed by atoms with Gasteiger partial charge in [0.15, 0.2) is 0 Å². The molecule has 0 aliphatic heterocycles. The summed E-state index contributed by atoms with van der Waals surface area (Å²) in [5.41, 5.74) is 2.77. The molecule has 2 heterocycles. The molecule has 0 bridgehead atoms. The zero-order chi connectivity index (χ0) is 20.6. The maximum Gasteiger partial charge on any atom is 0.337 e. The van der Waals surface area contributed by atoms with Gasteiger partial charge in [-0.25, -0.2) is 4.79 Å². The van der Waals surface area contributed by atoms with E-state index in [1.165, 1.54) is 18.5 Å². The summed E-state index contributed by atoms with van der Waals surface area (Å²) >= 11 is 0. The second-order valence-corrected chi connectivity index (χ2v) is 6.36. The van der Waals surface area contributed by atoms with E-state index >= 15 is 0 Å². The van der Waals surface area contributed by atoms with E-state index in [4.69, 9.17) is 9.84 Å². The number of carbonyl (C=O) groups is 2. The molecule has 150 valence electrons. The summed E-state index contributed by atoms with van der Waals surface area (Å²) in [5, 5.41) is 20.0. The molecule has 9 heteroatoms. The van der Waals surface area contributed by atoms with E-state index in [1.54, 1.807) is 23.9 Å². The Morgan fingerprint density at radius 3 is 2.69 bits per heavy atom. The molecule has 3 aromatic rings. The maximum atomic E-state index is 12.3. The van der Waals surface area contributed by atoms with Crippen molar-refractivity contribution < 1.29 is 19.4 Å². The summed E-state index contributed by atoms with van der Waals surface area (Å²) < 4.78 is 6.78. The molecule has 29 heavy (non-hydrogen) atoms. The van der Waals surface area contributed by atoms with Gasteiger partial charge in [0.1, 0.15) is 5.69 Å². The number of hydrogen-bond acceptors (Lipinski definition) is 6. The number of methoxy groups -OCH3 is 1. The van der Waals surface area contributed by atoms with Gasteiger partial charge in [0.25, 0.3) is 5.91 Å². The first-order valence-corrected chi connectivity index (χ1v) is 9.02. The highest BCUT2D eigenvalue weighted by Crippen LogP contribution is 2.17. The molecule has 0 aliphatic carbocycles. The third-order valence-corrected chi connectivity index (χ3v) is 4.21. The number of carboxylic acids is 1. The standard InChI is InChI=1S/C20H21N5O4/c1-29-8-2-7-25-13-18(23-24-25)15-3-5-16(6-4-15)19(26)22-11-14-9-17(20(27)28)12-21-10-14/h3-6,9-10,12-13H,2,7-8,11H2,1H3,(H,22,26)(H,27,28). The molecule has 2 N–H and O–H groups in total. The Hall–Kier alpha value is -3.59. The van der Waals surface area contributed by atoms with Crippen LogP contribution in [-0.4, -0.2) is 50.7 Å². The van der Waals surface area contributed by atoms with Crippen LogP contribution in [0.4, 0.5) is 0 Å². The van der Waals surface area contributed by atoms with Crippen molar-refractivity contribution in [1.82, 2.24) is 25.3 Å². The van der Waals surface area contributed by atoms with Gasteiger partial charge in [-0.3, -0.25) is 14.5 Å². The lowest BCUT2D eigenvalue weighted by atomic mass is 10.1. The Kier molecular flexibility index (Phi) is 6.64. The van der Waals surface area contributed by atoms with Crippen molar-refractivity contribution in [2.24, 2.45) is 0 Å². The van der Waals surface area contributed by atoms with Crippen molar-refractivity contribution in [3.05, 3.63) is 65.6 Å². The average Bonchev–Trinajstić information content (AvgIpc) is 3.21. The topological polar surface area (TPSA) is 119 Å². The Balaban J connectivity index is 1.59. The Morgan fingerprint density at radius 2 is 1.97 bits per heavy atom. The lowest BCUT2D eigenvalue weighted by Gasteiger charge is -2.06. The Morgan fingerprint density at radius 1 is 1.17 bits per heavy atom. The summed E-state index contributed by atoms with van der Waals surface area (Å²) in [4.78, 5) is 27.2. The van der Waals surface area contributed by atoms with Gasteiger partial charge < -0.3 is 15.2 Å². The number of carboxylic acid groups (broad SMARTS) is 1. The number of rotatable bonds is 9. The van der Waals surface area contributed by atoms with Crippen molar-refractivity contribution in [2.45, 2.75) is 19.5 Å². The highest BCUT2D eigenvalue weighted by molar-refractivity contribution is 5.94. The second-order valence-electron chi connectivity index (χ2n) is 6.36. The number of aromatic nitrogens is 4. The molecule has 0 unspecified atom stereocenters. The van der Waals surface area contributed by atoms with Crippen LogP contribution < -0.4 is 5.32 Å². The van der Waals surface area contributed by atoms with Crippen LogP contribution in [-0.2, 0) is 17.8 Å². The van der Waals surface area contributed by atoms with Crippen LogP contribution in [0.15, 0.2) is 48.9 Å². The van der Waals surface area contributed by atoms with Crippen LogP contribution in [0.1, 0.15) is 32.7 Å². The minimum absolute atomic E-state index is 0.0800. The minimum atomic E-state index is -1.06. The average molecular weight is 395 g/mol. The number of benzene rings is 1. The second kappa shape index (κ2) is 9.56. The number of carbonyl (C=O) groups excluding carboxylic acids is 1. The monoisotopic (exact) mass is 395 g/mol. The maximum absolute atomic E-state index is 12.3. The van der Waals surface area contributed by atoms with E-state index in [1.807, 2.05) is 18.3 Å². The number of ether oxygens (including phenoxy) is 1. The van der Waals surface area contributed by atoms with Crippen LogP contribution in [0.5, 0.6) is 0 Å². The van der Waals surface area contributed by atoms with Crippen LogP contribution in [0, 0.1) is 0 Å². The van der Waals surface area contributed by atoms with E-state index in [0.29, 0.717) is 17.7 Å². The van der Waals surface area contributed by atoms with Gasteiger partial charge in [-0.2, -0.15) is 0 Å². The van der Waals surface area contributed by atoms with E-state index in [2.05, 4.69) is 20.6 Å². The fraction of sp³-hybridized carbons (Fsp3) is 0.250. The molecule has 1 amide bonds. The number of hydrogen-bond donors (Lipinski definition) is 2. The Labute approximate surface area is 167 Å². The minimum Gasteiger partial charge on any atom is -0.478 e. The summed E-state index contributed by atoms with van der Waals surface area (Å²) in [6.45, 7) is 1.57. The summed E-state index contributed by atoms with van der Waals surface area (Å²) in [5.74, 6) is -1.32. The van der Waals surface area contributed by atoms with E-state index in [9.17, 15) is 9.59 Å². The first-order chi connectivity index (χ1) is 14.1. The molecule has 0 atom stereocenters. The quantitative estimate of drug-likeness (QED) is 0.532. The number of pyridine rings is 1. The van der Waals surface area contributed by atoms with Crippen molar-refractivity contribution in [1.29, 1.82) is 0 Å². The Bertz CT molecular complexity index is 985. The number of aromatic carboxylic acids is 1. The van der Waals surface area contributed by atoms with E-state index < -0.39 is 5.97 Å². The molecule has 0 saturated heterocycles. The van der Waals surface area contributed by atoms with Gasteiger partial charge in [0.2, 0.25) is 0 Å². The molecule has 0 radical (unpaired) electrons. The third-order valence-electron chi connectivity index (χ3n) is 4.21. The molecular weight excluding hydrogens is 374 g/mol. The fourth-order valence-corrected chi connectivity index (χ4v) is 2.69. The number of nitrogens with one attached hydrogen (secondary N) is 1. The zero-order valence-electron chi connectivity index (χ0n) is 15.9. The van der Waals surface area contributed by atoms with Gasteiger partial charge in [-0.1, -0.05) is 17.3 Å². The summed E-state index contributed by atoms with van der Waals surface area (Å²) in [7, 11) is 1.66. The molecule has 0 aliphatic rings. The van der Waals surface area contributed by atoms with Crippen LogP contribution in [0.3, 0.4) is 0 Å². The highest BCUT2D eigenvalue weighted by Gasteiger charge is 2.09. The van der Waals surface area contributed by atoms with Crippen molar-refractivity contribution >= 4 is 11.9 Å². The number of aryl methyl sites for hydroxylation is 1. The lowest BCUT2D eigenvalue weighted by Crippen LogP contribution is -2.23. The molecule has 9 nitrogen and oxygen atoms in total. The molecule has 0 saturated carbocycles. The largest absolute Gasteiger partial charge is 0.478 e. The molecule has 1 aromatic carbocycles. The van der Waals surface area contributed by atoms with E-state index in [-0.39, 0.29) is 18.0 Å². The lowest BCUT2D eigenvalue weighted by molar-refractivity contribution is 0.0696. The van der Waals surface area contributed by atoms with Crippen LogP contribution in [0.2, 0.25) is 0 Å². The first kappa shape index (κ1) is 20.2. The van der Waals surface area contributed by atoms with Crippen LogP contribution in [0.25, 0.3) is 11.3 Å². The predicted molar refractivity (Wildman–Crippen MR) is 104 cm³/mol. The van der Waals surface area contributed by atoms with Gasteiger partial charge in [-0.05, 0) is 30.2 Å². The third kappa shape index (κ3) is 5.45. The van der Waals surface area contributed by atoms with E-state index in [0.717, 1.165) is 24.2 Å². The number of nitrogens with zero attached hydrogens (tertiary/aromatic N) is 4. The van der Waals surface area contributed by atoms with Gasteiger partial charge in [0.05, 0.1) is 11.8 Å². The zero-order valence-corrected chi connectivity index (χ0v) is 15.9. The van der Waals surface area contributed by atoms with Gasteiger partial charge in [-0.15, -0.1) is 5.10 Å². The van der Waals surface area contributed by atoms with Crippen molar-refractivity contribution in [3.8, 4) is 11.3 Å². The summed E-state index contributed by atoms with van der Waals surface area (Å²) in [6, 6.07) is 8.52. The van der Waals surface area contributed by atoms with Crippen molar-refractivity contribution in [3.63, 3.8) is 0 Å². The van der Waals surface area contributed by atoms with Crippen molar-refractivity contribution in [2.75, 3.05) is 13.7 Å². The molecule has 3 rings (SSSR count). The predicted octanol–water partition coefficient (Wildman–Crippen LogP) is 2.00. The first-order valence-electron chi connectivity index (χ1n) is 9.02. The molecule has 2 aromatic heterocycles. The fourth-order valence-electron chi connectivity index (χ4n) is 2.69. The van der Waals surface area contributed by atoms with Gasteiger partial charge >= 0.3 is 5.97 Å².